The molecule has 0 aliphatic heterocycles. The van der Waals surface area contributed by atoms with Crippen molar-refractivity contribution in [3.63, 3.8) is 0 Å². The van der Waals surface area contributed by atoms with Crippen molar-refractivity contribution in [1.82, 2.24) is 0 Å². The molecule has 3 fully saturated rings. The van der Waals surface area contributed by atoms with Crippen molar-refractivity contribution in [1.29, 1.82) is 0 Å². The minimum absolute atomic E-state index is 0.0627. The van der Waals surface area contributed by atoms with Crippen LogP contribution in [0, 0.1) is 28.6 Å². The summed E-state index contributed by atoms with van der Waals surface area (Å²) in [6.45, 7) is 2.86. The zero-order valence-corrected chi connectivity index (χ0v) is 16.0. The van der Waals surface area contributed by atoms with Crippen molar-refractivity contribution in [2.75, 3.05) is 6.61 Å². The Kier molecular flexibility index (Phi) is 4.06. The number of hydrogen-bond acceptors (Lipinski definition) is 5. The van der Waals surface area contributed by atoms with E-state index in [0.29, 0.717) is 32.1 Å². The van der Waals surface area contributed by atoms with E-state index >= 15 is 4.39 Å². The zero-order valence-electron chi connectivity index (χ0n) is 16.0. The van der Waals surface area contributed by atoms with Gasteiger partial charge in [-0.2, -0.15) is 0 Å². The molecular weight excluding hydrogens is 351 g/mol. The minimum atomic E-state index is -2.54. The van der Waals surface area contributed by atoms with Crippen molar-refractivity contribution in [2.24, 2.45) is 28.6 Å². The van der Waals surface area contributed by atoms with Crippen molar-refractivity contribution in [3.8, 4) is 0 Å². The van der Waals surface area contributed by atoms with E-state index in [9.17, 15) is 24.9 Å². The van der Waals surface area contributed by atoms with Crippen molar-refractivity contribution in [2.45, 2.75) is 70.2 Å². The Balaban J connectivity index is 1.79. The Hall–Kier alpha value is -1.11. The molecule has 0 radical (unpaired) electrons. The lowest BCUT2D eigenvalue weighted by atomic mass is 9.44. The molecule has 3 N–H and O–H groups in total. The van der Waals surface area contributed by atoms with Gasteiger partial charge in [-0.25, -0.2) is 4.39 Å². The summed E-state index contributed by atoms with van der Waals surface area (Å²) in [4.78, 5) is 24.2. The Bertz CT molecular complexity index is 730. The Labute approximate surface area is 158 Å². The highest BCUT2D eigenvalue weighted by molar-refractivity contribution is 5.91. The fourth-order valence-electron chi connectivity index (χ4n) is 7.35. The summed E-state index contributed by atoms with van der Waals surface area (Å²) in [6.07, 6.45) is 4.26. The highest BCUT2D eigenvalue weighted by Gasteiger charge is 2.72. The van der Waals surface area contributed by atoms with Crippen LogP contribution in [0.1, 0.15) is 58.8 Å². The van der Waals surface area contributed by atoms with E-state index in [4.69, 9.17) is 0 Å². The highest BCUT2D eigenvalue weighted by atomic mass is 19.2. The van der Waals surface area contributed by atoms with Gasteiger partial charge in [0.25, 0.3) is 0 Å². The van der Waals surface area contributed by atoms with Crippen LogP contribution >= 0.6 is 0 Å². The smallest absolute Gasteiger partial charge is 0.211 e. The standard InChI is InChI=1S/C21H29FO5/c1-18-7-5-13(24)9-12(18)3-4-14-15-6-8-20(26,16(25)10-23)19(15,2)11-21(22,27)17(14)18/h9,14-15,17,23,26-27H,3-8,10-11H2,1-2H3/t14-,15-,17-,18-,19-,20-,21+/m0/s1. The van der Waals surface area contributed by atoms with Gasteiger partial charge in [0, 0.05) is 24.2 Å². The van der Waals surface area contributed by atoms with Crippen LogP contribution in [0.5, 0.6) is 0 Å². The van der Waals surface area contributed by atoms with Crippen LogP contribution in [0.3, 0.4) is 0 Å². The predicted molar refractivity (Wildman–Crippen MR) is 95.2 cm³/mol. The maximum Gasteiger partial charge on any atom is 0.211 e. The summed E-state index contributed by atoms with van der Waals surface area (Å²) in [5, 5.41) is 31.4. The molecule has 0 aromatic rings. The summed E-state index contributed by atoms with van der Waals surface area (Å²) in [5.41, 5.74) is -2.57. The quantitative estimate of drug-likeness (QED) is 0.682. The van der Waals surface area contributed by atoms with E-state index in [0.717, 1.165) is 5.57 Å². The molecule has 6 heteroatoms. The number of ketones is 2. The van der Waals surface area contributed by atoms with Gasteiger partial charge < -0.3 is 15.3 Å². The molecule has 0 saturated heterocycles. The largest absolute Gasteiger partial charge is 0.388 e. The van der Waals surface area contributed by atoms with Gasteiger partial charge >= 0.3 is 0 Å². The third kappa shape index (κ3) is 2.33. The SMILES string of the molecule is C[C@]12CCC(=O)C=C1CC[C@@H]1[C@@H]2[C@@](O)(F)C[C@@]2(C)[C@H]1CC[C@]2(O)C(=O)CO. The van der Waals surface area contributed by atoms with Crippen LogP contribution < -0.4 is 0 Å². The van der Waals surface area contributed by atoms with E-state index in [2.05, 4.69) is 0 Å². The molecule has 0 heterocycles. The van der Waals surface area contributed by atoms with Crippen molar-refractivity contribution in [3.05, 3.63) is 11.6 Å². The molecule has 3 saturated carbocycles. The lowest BCUT2D eigenvalue weighted by Crippen LogP contribution is -2.65. The molecule has 4 rings (SSSR count). The molecule has 5 nitrogen and oxygen atoms in total. The number of carbonyl (C=O) groups is 2. The number of fused-ring (bicyclic) bond motifs is 5. The molecule has 27 heavy (non-hydrogen) atoms. The van der Waals surface area contributed by atoms with Crippen molar-refractivity contribution >= 4 is 11.6 Å². The maximum atomic E-state index is 15.9. The zero-order chi connectivity index (χ0) is 19.8. The summed E-state index contributed by atoms with van der Waals surface area (Å²) in [6, 6.07) is 0. The molecule has 4 aliphatic rings. The van der Waals surface area contributed by atoms with Gasteiger partial charge in [-0.05, 0) is 55.4 Å². The first-order valence-corrected chi connectivity index (χ1v) is 10.0. The van der Waals surface area contributed by atoms with E-state index < -0.39 is 40.6 Å². The summed E-state index contributed by atoms with van der Waals surface area (Å²) >= 11 is 0. The molecule has 150 valence electrons. The average Bonchev–Trinajstić information content (AvgIpc) is 2.85. The number of allylic oxidation sites excluding steroid dienone is 1. The Morgan fingerprint density at radius 3 is 2.59 bits per heavy atom. The van der Waals surface area contributed by atoms with E-state index in [-0.39, 0.29) is 30.5 Å². The molecule has 0 aromatic carbocycles. The lowest BCUT2D eigenvalue weighted by Gasteiger charge is -2.62. The second kappa shape index (κ2) is 5.71. The number of alkyl halides is 1. The van der Waals surface area contributed by atoms with E-state index in [1.165, 1.54) is 0 Å². The van der Waals surface area contributed by atoms with Gasteiger partial charge in [0.2, 0.25) is 5.85 Å². The minimum Gasteiger partial charge on any atom is -0.388 e. The summed E-state index contributed by atoms with van der Waals surface area (Å²) in [7, 11) is 0. The first-order valence-electron chi connectivity index (χ1n) is 10.0. The topological polar surface area (TPSA) is 94.8 Å². The van der Waals surface area contributed by atoms with E-state index in [1.54, 1.807) is 13.0 Å². The normalized spacial score (nSPS) is 51.9. The van der Waals surface area contributed by atoms with Gasteiger partial charge in [-0.15, -0.1) is 0 Å². The van der Waals surface area contributed by atoms with Gasteiger partial charge in [0.15, 0.2) is 11.6 Å². The molecule has 0 amide bonds. The van der Waals surface area contributed by atoms with Crippen LogP contribution in [-0.2, 0) is 9.59 Å². The predicted octanol–water partition coefficient (Wildman–Crippen LogP) is 2.08. The number of Topliss-reactive ketones (excluding diaryl/α,β-unsaturated/α-hetero) is 1. The average molecular weight is 380 g/mol. The number of halogens is 1. The van der Waals surface area contributed by atoms with Gasteiger partial charge in [-0.1, -0.05) is 19.4 Å². The molecule has 0 spiro atoms. The number of hydrogen-bond donors (Lipinski definition) is 3. The first-order chi connectivity index (χ1) is 12.5. The number of aliphatic hydroxyl groups excluding tert-OH is 1. The van der Waals surface area contributed by atoms with Crippen LogP contribution in [0.25, 0.3) is 0 Å². The molecule has 4 aliphatic carbocycles. The van der Waals surface area contributed by atoms with Gasteiger partial charge in [-0.3, -0.25) is 9.59 Å². The molecule has 0 unspecified atom stereocenters. The lowest BCUT2D eigenvalue weighted by molar-refractivity contribution is -0.268. The maximum absolute atomic E-state index is 15.9. The first kappa shape index (κ1) is 19.2. The van der Waals surface area contributed by atoms with Crippen LogP contribution in [-0.4, -0.2) is 44.9 Å². The fourth-order valence-corrected chi connectivity index (χ4v) is 7.35. The molecule has 0 bridgehead atoms. The second-order valence-electron chi connectivity index (χ2n) is 9.73. The molecular formula is C21H29FO5. The monoisotopic (exact) mass is 380 g/mol. The number of carbonyl (C=O) groups excluding carboxylic acids is 2. The van der Waals surface area contributed by atoms with Crippen LogP contribution in [0.4, 0.5) is 4.39 Å². The third-order valence-corrected chi connectivity index (χ3v) is 8.61. The molecule has 7 atom stereocenters. The van der Waals surface area contributed by atoms with Gasteiger partial charge in [0.1, 0.15) is 12.2 Å². The second-order valence-corrected chi connectivity index (χ2v) is 9.73. The van der Waals surface area contributed by atoms with Crippen LogP contribution in [0.15, 0.2) is 11.6 Å². The molecule has 0 aromatic heterocycles. The third-order valence-electron chi connectivity index (χ3n) is 8.61. The van der Waals surface area contributed by atoms with Crippen LogP contribution in [0.2, 0.25) is 0 Å². The number of aliphatic hydroxyl groups is 3. The summed E-state index contributed by atoms with van der Waals surface area (Å²) in [5.74, 6) is -4.09. The number of rotatable bonds is 2. The Morgan fingerprint density at radius 1 is 1.22 bits per heavy atom. The highest BCUT2D eigenvalue weighted by Crippen LogP contribution is 2.70. The summed E-state index contributed by atoms with van der Waals surface area (Å²) < 4.78 is 15.9. The fraction of sp³-hybridized carbons (Fsp3) is 0.810. The van der Waals surface area contributed by atoms with E-state index in [1.807, 2.05) is 6.92 Å². The van der Waals surface area contributed by atoms with Crippen molar-refractivity contribution < 1.29 is 29.3 Å². The Morgan fingerprint density at radius 2 is 1.93 bits per heavy atom. The van der Waals surface area contributed by atoms with Gasteiger partial charge in [0.05, 0.1) is 0 Å².